The van der Waals surface area contributed by atoms with Crippen molar-refractivity contribution in [3.8, 4) is 12.3 Å². The highest BCUT2D eigenvalue weighted by atomic mass is 32.1. The monoisotopic (exact) mass is 400 g/mol. The van der Waals surface area contributed by atoms with Crippen LogP contribution in [-0.4, -0.2) is 29.5 Å². The zero-order valence-corrected chi connectivity index (χ0v) is 16.4. The number of hydrogen-bond acceptors (Lipinski definition) is 5. The lowest BCUT2D eigenvalue weighted by Crippen LogP contribution is -2.24. The van der Waals surface area contributed by atoms with Crippen molar-refractivity contribution in [3.63, 3.8) is 0 Å². The number of terminal acetylenes is 1. The third-order valence-corrected chi connectivity index (χ3v) is 5.97. The number of nitrogens with one attached hydrogen (secondary N) is 1. The van der Waals surface area contributed by atoms with Gasteiger partial charge in [-0.15, -0.1) is 17.8 Å². The highest BCUT2D eigenvalue weighted by Crippen LogP contribution is 2.31. The van der Waals surface area contributed by atoms with E-state index in [2.05, 4.69) is 21.2 Å². The SMILES string of the molecule is C#Cc1cccc(Cn2ncc3c4sc(Cc5ccn[nH]5)nc4n(C)c3c2=O)c1. The summed E-state index contributed by atoms with van der Waals surface area (Å²) in [5, 5.41) is 13.1. The molecule has 5 aromatic rings. The summed E-state index contributed by atoms with van der Waals surface area (Å²) < 4.78 is 4.30. The molecule has 8 heteroatoms. The molecular formula is C21H16N6OS. The molecule has 0 aliphatic heterocycles. The van der Waals surface area contributed by atoms with Crippen LogP contribution in [0.1, 0.15) is 21.8 Å². The maximum Gasteiger partial charge on any atom is 0.291 e. The minimum absolute atomic E-state index is 0.142. The van der Waals surface area contributed by atoms with Crippen LogP contribution in [0.15, 0.2) is 47.5 Å². The van der Waals surface area contributed by atoms with Crippen LogP contribution in [-0.2, 0) is 20.0 Å². The minimum atomic E-state index is -0.142. The second kappa shape index (κ2) is 6.72. The lowest BCUT2D eigenvalue weighted by Gasteiger charge is -2.06. The quantitative estimate of drug-likeness (QED) is 0.470. The molecule has 0 fully saturated rings. The lowest BCUT2D eigenvalue weighted by atomic mass is 10.1. The van der Waals surface area contributed by atoms with Crippen molar-refractivity contribution in [2.75, 3.05) is 0 Å². The molecule has 0 radical (unpaired) electrons. The fraction of sp³-hybridized carbons (Fsp3) is 0.143. The van der Waals surface area contributed by atoms with Crippen molar-refractivity contribution in [1.29, 1.82) is 0 Å². The average molecular weight is 400 g/mol. The van der Waals surface area contributed by atoms with Crippen LogP contribution in [0.3, 0.4) is 0 Å². The van der Waals surface area contributed by atoms with Crippen LogP contribution in [0, 0.1) is 12.3 Å². The topological polar surface area (TPSA) is 81.4 Å². The molecule has 4 heterocycles. The fourth-order valence-electron chi connectivity index (χ4n) is 3.50. The van der Waals surface area contributed by atoms with Crippen LogP contribution in [0.2, 0.25) is 0 Å². The number of rotatable bonds is 4. The van der Waals surface area contributed by atoms with Gasteiger partial charge in [0.05, 0.1) is 17.4 Å². The molecule has 29 heavy (non-hydrogen) atoms. The van der Waals surface area contributed by atoms with Crippen LogP contribution in [0.25, 0.3) is 21.3 Å². The van der Waals surface area contributed by atoms with Gasteiger partial charge in [-0.25, -0.2) is 9.67 Å². The fourth-order valence-corrected chi connectivity index (χ4v) is 4.63. The van der Waals surface area contributed by atoms with Gasteiger partial charge in [-0.1, -0.05) is 18.1 Å². The third kappa shape index (κ3) is 2.92. The van der Waals surface area contributed by atoms with E-state index in [1.165, 1.54) is 4.68 Å². The van der Waals surface area contributed by atoms with Gasteiger partial charge in [-0.2, -0.15) is 10.2 Å². The Balaban J connectivity index is 1.57. The first-order chi connectivity index (χ1) is 14.1. The highest BCUT2D eigenvalue weighted by molar-refractivity contribution is 7.19. The van der Waals surface area contributed by atoms with Crippen LogP contribution >= 0.6 is 11.3 Å². The number of aryl methyl sites for hydroxylation is 1. The molecule has 0 aliphatic rings. The molecule has 0 amide bonds. The molecular weight excluding hydrogens is 384 g/mol. The van der Waals surface area contributed by atoms with Crippen molar-refractivity contribution in [1.82, 2.24) is 29.5 Å². The Bertz CT molecular complexity index is 1450. The number of thiazole rings is 1. The van der Waals surface area contributed by atoms with Gasteiger partial charge in [0.2, 0.25) is 0 Å². The summed E-state index contributed by atoms with van der Waals surface area (Å²) in [4.78, 5) is 17.9. The molecule has 142 valence electrons. The molecule has 0 spiro atoms. The van der Waals surface area contributed by atoms with Gasteiger partial charge in [-0.3, -0.25) is 9.89 Å². The number of benzene rings is 1. The number of aromatic nitrogens is 6. The van der Waals surface area contributed by atoms with E-state index in [1.807, 2.05) is 41.9 Å². The van der Waals surface area contributed by atoms with Crippen molar-refractivity contribution >= 4 is 32.6 Å². The van der Waals surface area contributed by atoms with Crippen molar-refractivity contribution < 1.29 is 0 Å². The number of fused-ring (bicyclic) bond motifs is 3. The van der Waals surface area contributed by atoms with Gasteiger partial charge < -0.3 is 4.57 Å². The number of H-pyrrole nitrogens is 1. The van der Waals surface area contributed by atoms with Gasteiger partial charge >= 0.3 is 0 Å². The number of nitrogens with zero attached hydrogens (tertiary/aromatic N) is 5. The zero-order chi connectivity index (χ0) is 20.0. The average Bonchev–Trinajstić information content (AvgIpc) is 3.44. The predicted molar refractivity (Wildman–Crippen MR) is 113 cm³/mol. The highest BCUT2D eigenvalue weighted by Gasteiger charge is 2.18. The lowest BCUT2D eigenvalue weighted by molar-refractivity contribution is 0.644. The summed E-state index contributed by atoms with van der Waals surface area (Å²) in [7, 11) is 1.87. The molecule has 0 aliphatic carbocycles. The van der Waals surface area contributed by atoms with Crippen molar-refractivity contribution in [3.05, 3.63) is 74.9 Å². The molecule has 0 saturated carbocycles. The summed E-state index contributed by atoms with van der Waals surface area (Å²) in [5.74, 6) is 2.62. The van der Waals surface area contributed by atoms with Crippen molar-refractivity contribution in [2.24, 2.45) is 7.05 Å². The molecule has 1 aromatic carbocycles. The maximum absolute atomic E-state index is 13.1. The molecule has 4 aromatic heterocycles. The second-order valence-electron chi connectivity index (χ2n) is 6.79. The summed E-state index contributed by atoms with van der Waals surface area (Å²) >= 11 is 1.58. The minimum Gasteiger partial charge on any atom is -0.323 e. The van der Waals surface area contributed by atoms with Crippen LogP contribution in [0.5, 0.6) is 0 Å². The number of hydrogen-bond donors (Lipinski definition) is 1. The van der Waals surface area contributed by atoms with E-state index in [-0.39, 0.29) is 5.56 Å². The molecule has 0 saturated heterocycles. The summed E-state index contributed by atoms with van der Waals surface area (Å²) in [6.45, 7) is 0.363. The van der Waals surface area contributed by atoms with E-state index in [0.29, 0.717) is 18.5 Å². The van der Waals surface area contributed by atoms with E-state index in [4.69, 9.17) is 11.4 Å². The molecule has 5 rings (SSSR count). The van der Waals surface area contributed by atoms with Gasteiger partial charge in [0, 0.05) is 36.3 Å². The van der Waals surface area contributed by atoms with Crippen LogP contribution < -0.4 is 5.56 Å². The van der Waals surface area contributed by atoms with Gasteiger partial charge in [0.15, 0.2) is 5.65 Å². The van der Waals surface area contributed by atoms with Gasteiger partial charge in [0.1, 0.15) is 10.5 Å². The van der Waals surface area contributed by atoms with E-state index < -0.39 is 0 Å². The summed E-state index contributed by atoms with van der Waals surface area (Å²) in [6, 6.07) is 9.51. The molecule has 0 bridgehead atoms. The third-order valence-electron chi connectivity index (χ3n) is 4.90. The normalized spacial score (nSPS) is 11.3. The second-order valence-corrected chi connectivity index (χ2v) is 7.88. The smallest absolute Gasteiger partial charge is 0.291 e. The molecule has 0 unspecified atom stereocenters. The van der Waals surface area contributed by atoms with Crippen molar-refractivity contribution in [2.45, 2.75) is 13.0 Å². The standard InChI is InChI=1S/C21H16N6OS/c1-3-13-5-4-6-14(9-13)12-27-21(28)18-16(11-23-27)19-20(26(18)2)24-17(29-19)10-15-7-8-22-25-15/h1,4-9,11H,10,12H2,2H3,(H,22,25). The van der Waals surface area contributed by atoms with Gasteiger partial charge in [0.25, 0.3) is 5.56 Å². The van der Waals surface area contributed by atoms with E-state index >= 15 is 0 Å². The van der Waals surface area contributed by atoms with E-state index in [1.54, 1.807) is 23.7 Å². The first kappa shape index (κ1) is 17.4. The maximum atomic E-state index is 13.1. The Hall–Kier alpha value is -3.70. The predicted octanol–water partition coefficient (Wildman–Crippen LogP) is 2.69. The first-order valence-electron chi connectivity index (χ1n) is 9.02. The Morgan fingerprint density at radius 2 is 2.21 bits per heavy atom. The Morgan fingerprint density at radius 1 is 1.31 bits per heavy atom. The molecule has 0 atom stereocenters. The zero-order valence-electron chi connectivity index (χ0n) is 15.6. The summed E-state index contributed by atoms with van der Waals surface area (Å²) in [5.41, 5.74) is 3.98. The first-order valence-corrected chi connectivity index (χ1v) is 9.83. The largest absolute Gasteiger partial charge is 0.323 e. The summed E-state index contributed by atoms with van der Waals surface area (Å²) in [6.07, 6.45) is 9.63. The van der Waals surface area contributed by atoms with E-state index in [0.717, 1.165) is 37.6 Å². The molecule has 7 nitrogen and oxygen atoms in total. The van der Waals surface area contributed by atoms with E-state index in [9.17, 15) is 4.79 Å². The van der Waals surface area contributed by atoms with Crippen LogP contribution in [0.4, 0.5) is 0 Å². The Morgan fingerprint density at radius 3 is 3.00 bits per heavy atom. The molecule has 1 N–H and O–H groups in total. The number of aromatic amines is 1. The van der Waals surface area contributed by atoms with Gasteiger partial charge in [-0.05, 0) is 23.8 Å². The Labute approximate surface area is 169 Å². The Kier molecular flexibility index (Phi) is 4.03.